The van der Waals surface area contributed by atoms with Gasteiger partial charge in [0, 0.05) is 44.5 Å². The molecule has 0 unspecified atom stereocenters. The van der Waals surface area contributed by atoms with Gasteiger partial charge in [-0.05, 0) is 101 Å². The second kappa shape index (κ2) is 14.0. The number of benzene rings is 8. The Morgan fingerprint density at radius 3 is 1.42 bits per heavy atom. The third-order valence-corrected chi connectivity index (χ3v) is 12.3. The van der Waals surface area contributed by atoms with Crippen molar-refractivity contribution in [1.29, 1.82) is 0 Å². The number of hydrogen-bond donors (Lipinski definition) is 0. The van der Waals surface area contributed by atoms with E-state index in [1.54, 1.807) is 0 Å². The minimum Gasteiger partial charge on any atom is -0.456 e. The lowest BCUT2D eigenvalue weighted by Crippen LogP contribution is -2.34. The Bertz CT molecular complexity index is 3000. The van der Waals surface area contributed by atoms with Gasteiger partial charge in [-0.25, -0.2) is 0 Å². The van der Waals surface area contributed by atoms with E-state index in [9.17, 15) is 0 Å². The summed E-state index contributed by atoms with van der Waals surface area (Å²) < 4.78 is 12.9. The van der Waals surface area contributed by atoms with E-state index >= 15 is 0 Å². The molecule has 0 N–H and O–H groups in total. The van der Waals surface area contributed by atoms with Crippen LogP contribution in [0.4, 0.5) is 11.4 Å². The third-order valence-electron chi connectivity index (χ3n) is 12.3. The summed E-state index contributed by atoms with van der Waals surface area (Å²) in [4.78, 5) is 2.59. The fraction of sp³-hybridized carbons (Fsp3) is 0.111. The van der Waals surface area contributed by atoms with Gasteiger partial charge in [0.1, 0.15) is 22.3 Å². The molecule has 0 bridgehead atoms. The van der Waals surface area contributed by atoms with Crippen LogP contribution < -0.4 is 4.90 Å². The van der Waals surface area contributed by atoms with Gasteiger partial charge in [-0.3, -0.25) is 0 Å². The first-order chi connectivity index (χ1) is 28.2. The second-order valence-electron chi connectivity index (χ2n) is 15.5. The average Bonchev–Trinajstić information content (AvgIpc) is 3.87. The van der Waals surface area contributed by atoms with E-state index in [1.165, 1.54) is 50.0 Å². The topological polar surface area (TPSA) is 29.5 Å². The van der Waals surface area contributed by atoms with Crippen LogP contribution in [-0.4, -0.2) is 6.04 Å². The standard InChI is InChI=1S/C54H41NO2/c1-2-10-36(11-3-1)37-20-22-38(23-21-37)39-24-30-42(31-25-39)55(43-32-26-40(27-33-43)45-14-8-16-49-47-12-4-6-18-51(47)56-53(45)49)44-34-28-41(29-35-44)46-15-9-17-50-48-13-5-7-19-52(48)57-54(46)50/h1-27,30-33,41,44H,28-29,34-35H2. The summed E-state index contributed by atoms with van der Waals surface area (Å²) in [6.45, 7) is 0. The molecule has 3 nitrogen and oxygen atoms in total. The van der Waals surface area contributed by atoms with Crippen LogP contribution in [0.25, 0.3) is 77.3 Å². The maximum absolute atomic E-state index is 6.50. The van der Waals surface area contributed by atoms with Gasteiger partial charge in [-0.1, -0.05) is 152 Å². The van der Waals surface area contributed by atoms with E-state index in [0.717, 1.165) is 69.9 Å². The Kier molecular flexibility index (Phi) is 8.24. The smallest absolute Gasteiger partial charge is 0.143 e. The highest BCUT2D eigenvalue weighted by Crippen LogP contribution is 2.44. The predicted molar refractivity (Wildman–Crippen MR) is 237 cm³/mol. The number of rotatable bonds is 7. The molecule has 1 saturated carbocycles. The molecular weight excluding hydrogens is 695 g/mol. The van der Waals surface area contributed by atoms with Gasteiger partial charge in [0.15, 0.2) is 0 Å². The number of anilines is 2. The first kappa shape index (κ1) is 33.5. The Morgan fingerprint density at radius 1 is 0.351 bits per heavy atom. The summed E-state index contributed by atoms with van der Waals surface area (Å²) in [7, 11) is 0. The maximum Gasteiger partial charge on any atom is 0.143 e. The first-order valence-corrected chi connectivity index (χ1v) is 20.2. The first-order valence-electron chi connectivity index (χ1n) is 20.2. The summed E-state index contributed by atoms with van der Waals surface area (Å²) in [5.41, 5.74) is 14.8. The highest BCUT2D eigenvalue weighted by molar-refractivity contribution is 6.09. The molecule has 0 atom stereocenters. The Morgan fingerprint density at radius 2 is 0.807 bits per heavy atom. The van der Waals surface area contributed by atoms with Crippen molar-refractivity contribution in [2.45, 2.75) is 37.6 Å². The number of furan rings is 2. The van der Waals surface area contributed by atoms with E-state index in [4.69, 9.17) is 8.83 Å². The quantitative estimate of drug-likeness (QED) is 0.163. The van der Waals surface area contributed by atoms with E-state index in [-0.39, 0.29) is 0 Å². The average molecular weight is 736 g/mol. The van der Waals surface area contributed by atoms with Crippen LogP contribution in [0.3, 0.4) is 0 Å². The Labute approximate surface area is 332 Å². The lowest BCUT2D eigenvalue weighted by atomic mass is 9.80. The van der Waals surface area contributed by atoms with Crippen LogP contribution in [-0.2, 0) is 0 Å². The largest absolute Gasteiger partial charge is 0.456 e. The fourth-order valence-electron chi connectivity index (χ4n) is 9.38. The maximum atomic E-state index is 6.50. The molecule has 1 aliphatic rings. The Balaban J connectivity index is 0.918. The van der Waals surface area contributed by atoms with Crippen LogP contribution in [0.5, 0.6) is 0 Å². The zero-order valence-corrected chi connectivity index (χ0v) is 31.6. The zero-order chi connectivity index (χ0) is 37.7. The molecule has 0 radical (unpaired) electrons. The molecule has 0 aliphatic heterocycles. The molecule has 2 aromatic heterocycles. The van der Waals surface area contributed by atoms with Crippen molar-refractivity contribution in [3.63, 3.8) is 0 Å². The summed E-state index contributed by atoms with van der Waals surface area (Å²) in [6.07, 6.45) is 4.39. The van der Waals surface area contributed by atoms with Crippen LogP contribution in [0.1, 0.15) is 37.2 Å². The summed E-state index contributed by atoms with van der Waals surface area (Å²) >= 11 is 0. The predicted octanol–water partition coefficient (Wildman–Crippen LogP) is 15.4. The zero-order valence-electron chi connectivity index (χ0n) is 31.6. The van der Waals surface area contributed by atoms with Gasteiger partial charge in [-0.2, -0.15) is 0 Å². The molecule has 8 aromatic carbocycles. The SMILES string of the molecule is c1ccc(-c2ccc(-c3ccc(N(c4ccc(-c5cccc6c5oc5ccccc56)cc4)C4CCC(c5cccc6c5oc5ccccc56)CC4)cc3)cc2)cc1. The molecule has 1 fully saturated rings. The van der Waals surface area contributed by atoms with E-state index in [0.29, 0.717) is 12.0 Å². The van der Waals surface area contributed by atoms with Crippen LogP contribution in [0.2, 0.25) is 0 Å². The van der Waals surface area contributed by atoms with Crippen molar-refractivity contribution < 1.29 is 8.83 Å². The van der Waals surface area contributed by atoms with Crippen molar-refractivity contribution in [2.24, 2.45) is 0 Å². The molecule has 11 rings (SSSR count). The van der Waals surface area contributed by atoms with Gasteiger partial charge in [0.2, 0.25) is 0 Å². The minimum atomic E-state index is 0.358. The van der Waals surface area contributed by atoms with Gasteiger partial charge >= 0.3 is 0 Å². The summed E-state index contributed by atoms with van der Waals surface area (Å²) in [5.74, 6) is 0.459. The molecule has 0 spiro atoms. The third kappa shape index (κ3) is 5.98. The van der Waals surface area contributed by atoms with Crippen molar-refractivity contribution >= 4 is 55.3 Å². The lowest BCUT2D eigenvalue weighted by molar-refractivity contribution is 0.391. The molecule has 1 aliphatic carbocycles. The molecule has 274 valence electrons. The fourth-order valence-corrected chi connectivity index (χ4v) is 9.38. The van der Waals surface area contributed by atoms with Crippen LogP contribution in [0, 0.1) is 0 Å². The number of hydrogen-bond acceptors (Lipinski definition) is 3. The van der Waals surface area contributed by atoms with Crippen LogP contribution >= 0.6 is 0 Å². The van der Waals surface area contributed by atoms with E-state index < -0.39 is 0 Å². The van der Waals surface area contributed by atoms with Crippen molar-refractivity contribution in [3.8, 4) is 33.4 Å². The van der Waals surface area contributed by atoms with E-state index in [2.05, 4.69) is 187 Å². The van der Waals surface area contributed by atoms with E-state index in [1.807, 2.05) is 6.07 Å². The number of fused-ring (bicyclic) bond motifs is 6. The summed E-state index contributed by atoms with van der Waals surface area (Å²) in [5, 5.41) is 4.73. The number of para-hydroxylation sites is 4. The molecule has 10 aromatic rings. The molecule has 0 saturated heterocycles. The monoisotopic (exact) mass is 735 g/mol. The van der Waals surface area contributed by atoms with Gasteiger partial charge in [0.05, 0.1) is 0 Å². The van der Waals surface area contributed by atoms with Gasteiger partial charge in [-0.15, -0.1) is 0 Å². The van der Waals surface area contributed by atoms with Gasteiger partial charge < -0.3 is 13.7 Å². The normalized spacial score (nSPS) is 15.8. The molecule has 2 heterocycles. The van der Waals surface area contributed by atoms with Gasteiger partial charge in [0.25, 0.3) is 0 Å². The van der Waals surface area contributed by atoms with Crippen molar-refractivity contribution in [2.75, 3.05) is 4.90 Å². The Hall–Kier alpha value is -6.84. The molecule has 0 amide bonds. The van der Waals surface area contributed by atoms with Crippen molar-refractivity contribution in [1.82, 2.24) is 0 Å². The van der Waals surface area contributed by atoms with Crippen molar-refractivity contribution in [3.05, 3.63) is 194 Å². The highest BCUT2D eigenvalue weighted by atomic mass is 16.3. The van der Waals surface area contributed by atoms with Crippen LogP contribution in [0.15, 0.2) is 197 Å². The number of nitrogens with zero attached hydrogens (tertiary/aromatic N) is 1. The molecule has 57 heavy (non-hydrogen) atoms. The molecule has 3 heteroatoms. The summed E-state index contributed by atoms with van der Waals surface area (Å²) in [6, 6.07) is 68.1. The minimum absolute atomic E-state index is 0.358. The lowest BCUT2D eigenvalue weighted by Gasteiger charge is -2.39. The highest BCUT2D eigenvalue weighted by Gasteiger charge is 2.30. The second-order valence-corrected chi connectivity index (χ2v) is 15.5. The molecular formula is C54H41NO2.